The molecule has 1 amide bonds. The van der Waals surface area contributed by atoms with Crippen LogP contribution in [0, 0.1) is 0 Å². The average molecular weight is 341 g/mol. The number of hydrogen-bond acceptors (Lipinski definition) is 5. The second-order valence-corrected chi connectivity index (χ2v) is 8.00. The topological polar surface area (TPSA) is 75.7 Å². The van der Waals surface area contributed by atoms with E-state index in [9.17, 15) is 13.2 Å². The fourth-order valence-corrected chi connectivity index (χ4v) is 4.20. The summed E-state index contributed by atoms with van der Waals surface area (Å²) in [4.78, 5) is 11.6. The van der Waals surface area contributed by atoms with Crippen LogP contribution in [0.3, 0.4) is 0 Å². The molecule has 0 aliphatic carbocycles. The maximum atomic E-state index is 12.1. The molecule has 1 N–H and O–H groups in total. The molecule has 20 heavy (non-hydrogen) atoms. The van der Waals surface area contributed by atoms with Gasteiger partial charge in [-0.1, -0.05) is 11.6 Å². The molecule has 1 aromatic heterocycles. The Morgan fingerprint density at radius 2 is 2.20 bits per heavy atom. The monoisotopic (exact) mass is 340 g/mol. The van der Waals surface area contributed by atoms with Crippen molar-refractivity contribution < 1.29 is 17.9 Å². The Morgan fingerprint density at radius 1 is 1.50 bits per heavy atom. The Bertz CT molecular complexity index is 544. The molecule has 0 bridgehead atoms. The van der Waals surface area contributed by atoms with E-state index in [2.05, 4.69) is 5.32 Å². The van der Waals surface area contributed by atoms with Crippen molar-refractivity contribution >= 4 is 38.9 Å². The Morgan fingerprint density at radius 3 is 2.75 bits per heavy atom. The number of amides is 1. The lowest BCUT2D eigenvalue weighted by Crippen LogP contribution is -2.38. The van der Waals surface area contributed by atoms with Crippen LogP contribution in [0.25, 0.3) is 0 Å². The maximum absolute atomic E-state index is 12.1. The van der Waals surface area contributed by atoms with Gasteiger partial charge in [-0.2, -0.15) is 4.31 Å². The first-order valence-electron chi connectivity index (χ1n) is 5.85. The van der Waals surface area contributed by atoms with Gasteiger partial charge in [-0.05, 0) is 18.6 Å². The van der Waals surface area contributed by atoms with Gasteiger partial charge in [0.05, 0.1) is 10.9 Å². The van der Waals surface area contributed by atoms with Crippen LogP contribution >= 0.6 is 22.9 Å². The van der Waals surface area contributed by atoms with Gasteiger partial charge in [0.2, 0.25) is 5.91 Å². The molecule has 9 heteroatoms. The van der Waals surface area contributed by atoms with E-state index in [-0.39, 0.29) is 16.7 Å². The van der Waals surface area contributed by atoms with Crippen LogP contribution < -0.4 is 5.32 Å². The molecule has 0 saturated carbocycles. The molecule has 1 rings (SSSR count). The largest absolute Gasteiger partial charge is 0.385 e. The van der Waals surface area contributed by atoms with Gasteiger partial charge in [0, 0.05) is 27.3 Å². The number of nitrogens with one attached hydrogen (secondary N) is 1. The zero-order valence-corrected chi connectivity index (χ0v) is 13.6. The van der Waals surface area contributed by atoms with Crippen LogP contribution in [0.4, 0.5) is 0 Å². The predicted octanol–water partition coefficient (Wildman–Crippen LogP) is 1.17. The first kappa shape index (κ1) is 17.4. The first-order valence-corrected chi connectivity index (χ1v) is 8.48. The number of carbonyl (C=O) groups is 1. The van der Waals surface area contributed by atoms with Gasteiger partial charge in [-0.3, -0.25) is 4.79 Å². The molecule has 0 aliphatic heterocycles. The van der Waals surface area contributed by atoms with Crippen LogP contribution in [0.2, 0.25) is 4.34 Å². The van der Waals surface area contributed by atoms with E-state index in [1.165, 1.54) is 19.2 Å². The van der Waals surface area contributed by atoms with Crippen molar-refractivity contribution in [3.05, 3.63) is 16.5 Å². The van der Waals surface area contributed by atoms with E-state index >= 15 is 0 Å². The maximum Gasteiger partial charge on any atom is 0.252 e. The quantitative estimate of drug-likeness (QED) is 0.721. The SMILES string of the molecule is COCCCNC(=O)CN(C)S(=O)(=O)c1ccc(Cl)s1. The van der Waals surface area contributed by atoms with Gasteiger partial charge in [-0.15, -0.1) is 11.3 Å². The number of hydrogen-bond donors (Lipinski definition) is 1. The van der Waals surface area contributed by atoms with Crippen molar-refractivity contribution in [2.75, 3.05) is 33.9 Å². The predicted molar refractivity (Wildman–Crippen MR) is 78.6 cm³/mol. The average Bonchev–Trinajstić information content (AvgIpc) is 2.82. The van der Waals surface area contributed by atoms with Crippen molar-refractivity contribution in [1.29, 1.82) is 0 Å². The molecule has 0 aromatic carbocycles. The summed E-state index contributed by atoms with van der Waals surface area (Å²) >= 11 is 6.68. The highest BCUT2D eigenvalue weighted by atomic mass is 35.5. The molecule has 6 nitrogen and oxygen atoms in total. The highest BCUT2D eigenvalue weighted by Gasteiger charge is 2.24. The molecule has 0 saturated heterocycles. The minimum atomic E-state index is -3.67. The Balaban J connectivity index is 2.53. The van der Waals surface area contributed by atoms with Gasteiger partial charge in [0.25, 0.3) is 10.0 Å². The first-order chi connectivity index (χ1) is 9.37. The second-order valence-electron chi connectivity index (χ2n) is 4.02. The highest BCUT2D eigenvalue weighted by Crippen LogP contribution is 2.27. The lowest BCUT2D eigenvalue weighted by molar-refractivity contribution is -0.121. The molecule has 114 valence electrons. The zero-order valence-electron chi connectivity index (χ0n) is 11.3. The van der Waals surface area contributed by atoms with Crippen LogP contribution in [0.1, 0.15) is 6.42 Å². The van der Waals surface area contributed by atoms with Crippen molar-refractivity contribution in [3.63, 3.8) is 0 Å². The fraction of sp³-hybridized carbons (Fsp3) is 0.545. The van der Waals surface area contributed by atoms with Crippen LogP contribution in [0.15, 0.2) is 16.3 Å². The van der Waals surface area contributed by atoms with Crippen LogP contribution in [0.5, 0.6) is 0 Å². The molecular weight excluding hydrogens is 324 g/mol. The Hall–Kier alpha value is -0.670. The fourth-order valence-electron chi connectivity index (χ4n) is 1.38. The molecule has 0 atom stereocenters. The van der Waals surface area contributed by atoms with Crippen molar-refractivity contribution in [2.45, 2.75) is 10.6 Å². The van der Waals surface area contributed by atoms with Gasteiger partial charge in [0.15, 0.2) is 0 Å². The number of methoxy groups -OCH3 is 1. The third-order valence-corrected chi connectivity index (χ3v) is 5.93. The smallest absolute Gasteiger partial charge is 0.252 e. The normalized spacial score (nSPS) is 11.8. The van der Waals surface area contributed by atoms with Crippen molar-refractivity contribution in [3.8, 4) is 0 Å². The summed E-state index contributed by atoms with van der Waals surface area (Å²) in [6.45, 7) is 0.762. The van der Waals surface area contributed by atoms with E-state index in [1.54, 1.807) is 7.11 Å². The highest BCUT2D eigenvalue weighted by molar-refractivity contribution is 7.91. The number of rotatable bonds is 8. The van der Waals surface area contributed by atoms with E-state index < -0.39 is 10.0 Å². The number of sulfonamides is 1. The third kappa shape index (κ3) is 5.02. The Kier molecular flexibility index (Phi) is 6.90. The number of ether oxygens (including phenoxy) is 1. The lowest BCUT2D eigenvalue weighted by atomic mass is 10.4. The van der Waals surface area contributed by atoms with E-state index in [0.717, 1.165) is 15.6 Å². The summed E-state index contributed by atoms with van der Waals surface area (Å²) < 4.78 is 30.6. The van der Waals surface area contributed by atoms with E-state index in [4.69, 9.17) is 16.3 Å². The van der Waals surface area contributed by atoms with Gasteiger partial charge in [-0.25, -0.2) is 8.42 Å². The van der Waals surface area contributed by atoms with Crippen molar-refractivity contribution in [1.82, 2.24) is 9.62 Å². The molecule has 0 radical (unpaired) electrons. The summed E-state index contributed by atoms with van der Waals surface area (Å²) in [6, 6.07) is 2.94. The molecule has 0 spiro atoms. The van der Waals surface area contributed by atoms with Gasteiger partial charge >= 0.3 is 0 Å². The minimum absolute atomic E-state index is 0.122. The summed E-state index contributed by atoms with van der Waals surface area (Å²) in [5, 5.41) is 2.63. The summed E-state index contributed by atoms with van der Waals surface area (Å²) in [6.07, 6.45) is 0.680. The number of thiophene rings is 1. The molecular formula is C11H17ClN2O4S2. The van der Waals surface area contributed by atoms with Crippen molar-refractivity contribution in [2.24, 2.45) is 0 Å². The lowest BCUT2D eigenvalue weighted by Gasteiger charge is -2.15. The van der Waals surface area contributed by atoms with Gasteiger partial charge < -0.3 is 10.1 Å². The number of halogens is 1. The number of carbonyl (C=O) groups excluding carboxylic acids is 1. The second kappa shape index (κ2) is 7.94. The third-order valence-electron chi connectivity index (χ3n) is 2.43. The van der Waals surface area contributed by atoms with E-state index in [1.807, 2.05) is 0 Å². The molecule has 1 heterocycles. The summed E-state index contributed by atoms with van der Waals surface area (Å²) in [5.41, 5.74) is 0. The minimum Gasteiger partial charge on any atom is -0.385 e. The molecule has 0 fully saturated rings. The van der Waals surface area contributed by atoms with Crippen LogP contribution in [-0.2, 0) is 19.6 Å². The standard InChI is InChI=1S/C11H17ClN2O4S2/c1-14(8-10(15)13-6-3-7-18-2)20(16,17)11-5-4-9(12)19-11/h4-5H,3,6-8H2,1-2H3,(H,13,15). The summed E-state index contributed by atoms with van der Waals surface area (Å²) in [5.74, 6) is -0.352. The Labute approximate surface area is 127 Å². The number of nitrogens with zero attached hydrogens (tertiary/aromatic N) is 1. The molecule has 0 aliphatic rings. The molecule has 0 unspecified atom stereocenters. The number of likely N-dealkylation sites (N-methyl/N-ethyl adjacent to an activating group) is 1. The summed E-state index contributed by atoms with van der Waals surface area (Å²) in [7, 11) is -0.730. The van der Waals surface area contributed by atoms with E-state index in [0.29, 0.717) is 23.9 Å². The zero-order chi connectivity index (χ0) is 15.2. The molecule has 1 aromatic rings. The van der Waals surface area contributed by atoms with Crippen LogP contribution in [-0.4, -0.2) is 52.5 Å². The van der Waals surface area contributed by atoms with Gasteiger partial charge in [0.1, 0.15) is 4.21 Å².